The van der Waals surface area contributed by atoms with Crippen LogP contribution < -0.4 is 10.1 Å². The smallest absolute Gasteiger partial charge is 0.220 e. The lowest BCUT2D eigenvalue weighted by Crippen LogP contribution is -2.25. The molecule has 0 fully saturated rings. The summed E-state index contributed by atoms with van der Waals surface area (Å²) in [6.07, 6.45) is 5.45. The number of para-hydroxylation sites is 1. The molecule has 140 valence electrons. The summed E-state index contributed by atoms with van der Waals surface area (Å²) in [7, 11) is 1.65. The Morgan fingerprint density at radius 1 is 1.15 bits per heavy atom. The number of hydrogen-bond donors (Lipinski definition) is 1. The molecule has 2 aromatic heterocycles. The van der Waals surface area contributed by atoms with Crippen molar-refractivity contribution in [2.75, 3.05) is 13.7 Å². The molecule has 1 aromatic carbocycles. The minimum atomic E-state index is 0.0532. The van der Waals surface area contributed by atoms with Crippen LogP contribution >= 0.6 is 11.3 Å². The number of aromatic nitrogens is 2. The zero-order valence-electron chi connectivity index (χ0n) is 15.6. The van der Waals surface area contributed by atoms with Crippen molar-refractivity contribution in [3.8, 4) is 16.3 Å². The van der Waals surface area contributed by atoms with E-state index in [1.807, 2.05) is 43.3 Å². The van der Waals surface area contributed by atoms with Crippen LogP contribution in [-0.2, 0) is 17.6 Å². The van der Waals surface area contributed by atoms with E-state index in [2.05, 4.69) is 15.3 Å². The molecule has 0 saturated carbocycles. The molecule has 27 heavy (non-hydrogen) atoms. The number of aryl methyl sites for hydroxylation is 2. The number of carbonyl (C=O) groups excluding carboxylic acids is 1. The van der Waals surface area contributed by atoms with E-state index in [0.29, 0.717) is 19.4 Å². The normalized spacial score (nSPS) is 10.6. The molecular formula is C21H23N3O2S. The predicted molar refractivity (Wildman–Crippen MR) is 108 cm³/mol. The zero-order chi connectivity index (χ0) is 19.1. The van der Waals surface area contributed by atoms with E-state index in [1.165, 1.54) is 4.88 Å². The fraction of sp³-hybridized carbons (Fsp3) is 0.286. The van der Waals surface area contributed by atoms with Crippen LogP contribution in [0.25, 0.3) is 10.6 Å². The van der Waals surface area contributed by atoms with Gasteiger partial charge in [0.2, 0.25) is 5.91 Å². The van der Waals surface area contributed by atoms with Gasteiger partial charge in [-0.25, -0.2) is 4.98 Å². The Labute approximate surface area is 163 Å². The van der Waals surface area contributed by atoms with Crippen molar-refractivity contribution in [2.24, 2.45) is 0 Å². The van der Waals surface area contributed by atoms with Crippen LogP contribution in [0.4, 0.5) is 0 Å². The lowest BCUT2D eigenvalue weighted by atomic mass is 10.1. The SMILES string of the molecule is COc1ccccc1CCC(=O)NCCc1sc(-c2ccncc2)nc1C. The topological polar surface area (TPSA) is 64.1 Å². The van der Waals surface area contributed by atoms with Crippen molar-refractivity contribution in [1.29, 1.82) is 0 Å². The number of carbonyl (C=O) groups is 1. The molecule has 3 aromatic rings. The van der Waals surface area contributed by atoms with E-state index >= 15 is 0 Å². The lowest BCUT2D eigenvalue weighted by Gasteiger charge is -2.08. The standard InChI is InChI=1S/C21H23N3O2S/c1-15-19(27-21(24-15)17-9-12-22-13-10-17)11-14-23-20(25)8-7-16-5-3-4-6-18(16)26-2/h3-6,9-10,12-13H,7-8,11,14H2,1-2H3,(H,23,25). The minimum absolute atomic E-state index is 0.0532. The Balaban J connectivity index is 1.48. The largest absolute Gasteiger partial charge is 0.496 e. The number of nitrogens with one attached hydrogen (secondary N) is 1. The molecule has 0 aliphatic carbocycles. The van der Waals surface area contributed by atoms with Crippen molar-refractivity contribution in [1.82, 2.24) is 15.3 Å². The molecule has 0 aliphatic rings. The number of nitrogens with zero attached hydrogens (tertiary/aromatic N) is 2. The van der Waals surface area contributed by atoms with Gasteiger partial charge in [-0.2, -0.15) is 0 Å². The van der Waals surface area contributed by atoms with E-state index < -0.39 is 0 Å². The van der Waals surface area contributed by atoms with E-state index in [9.17, 15) is 4.79 Å². The number of ether oxygens (including phenoxy) is 1. The van der Waals surface area contributed by atoms with Crippen molar-refractivity contribution in [2.45, 2.75) is 26.2 Å². The Morgan fingerprint density at radius 3 is 2.70 bits per heavy atom. The zero-order valence-corrected chi connectivity index (χ0v) is 16.4. The number of benzene rings is 1. The maximum absolute atomic E-state index is 12.1. The molecule has 6 heteroatoms. The number of amides is 1. The Hall–Kier alpha value is -2.73. The highest BCUT2D eigenvalue weighted by Gasteiger charge is 2.10. The molecule has 0 unspecified atom stereocenters. The van der Waals surface area contributed by atoms with Gasteiger partial charge in [-0.05, 0) is 37.1 Å². The summed E-state index contributed by atoms with van der Waals surface area (Å²) in [6.45, 7) is 2.63. The molecule has 0 bridgehead atoms. The lowest BCUT2D eigenvalue weighted by molar-refractivity contribution is -0.121. The Morgan fingerprint density at radius 2 is 1.93 bits per heavy atom. The first kappa shape index (κ1) is 19.0. The highest BCUT2D eigenvalue weighted by Crippen LogP contribution is 2.27. The van der Waals surface area contributed by atoms with Crippen LogP contribution in [0.3, 0.4) is 0 Å². The maximum Gasteiger partial charge on any atom is 0.220 e. The molecule has 3 rings (SSSR count). The summed E-state index contributed by atoms with van der Waals surface area (Å²) >= 11 is 1.67. The van der Waals surface area contributed by atoms with Crippen molar-refractivity contribution < 1.29 is 9.53 Å². The summed E-state index contributed by atoms with van der Waals surface area (Å²) in [6, 6.07) is 11.7. The van der Waals surface area contributed by atoms with Gasteiger partial charge in [0.15, 0.2) is 0 Å². The first-order valence-corrected chi connectivity index (χ1v) is 9.74. The van der Waals surface area contributed by atoms with Crippen molar-refractivity contribution in [3.05, 3.63) is 64.9 Å². The van der Waals surface area contributed by atoms with Gasteiger partial charge in [0, 0.05) is 42.2 Å². The van der Waals surface area contributed by atoms with E-state index in [4.69, 9.17) is 4.74 Å². The van der Waals surface area contributed by atoms with Crippen LogP contribution in [0.2, 0.25) is 0 Å². The molecule has 2 heterocycles. The minimum Gasteiger partial charge on any atom is -0.496 e. The average Bonchev–Trinajstić information content (AvgIpc) is 3.08. The summed E-state index contributed by atoms with van der Waals surface area (Å²) in [5, 5.41) is 4.00. The summed E-state index contributed by atoms with van der Waals surface area (Å²) in [5.41, 5.74) is 3.15. The fourth-order valence-corrected chi connectivity index (χ4v) is 3.91. The molecule has 1 N–H and O–H groups in total. The van der Waals surface area contributed by atoms with Crippen molar-refractivity contribution >= 4 is 17.2 Å². The van der Waals surface area contributed by atoms with Crippen molar-refractivity contribution in [3.63, 3.8) is 0 Å². The second-order valence-corrected chi connectivity index (χ2v) is 7.26. The molecular weight excluding hydrogens is 358 g/mol. The van der Waals surface area contributed by atoms with Gasteiger partial charge in [-0.3, -0.25) is 9.78 Å². The van der Waals surface area contributed by atoms with Gasteiger partial charge in [-0.15, -0.1) is 11.3 Å². The van der Waals surface area contributed by atoms with Crippen LogP contribution in [0.5, 0.6) is 5.75 Å². The van der Waals surface area contributed by atoms with E-state index in [0.717, 1.165) is 34.0 Å². The first-order valence-electron chi connectivity index (χ1n) is 8.92. The summed E-state index contributed by atoms with van der Waals surface area (Å²) in [4.78, 5) is 22.0. The second-order valence-electron chi connectivity index (χ2n) is 6.18. The Kier molecular flexibility index (Phi) is 6.54. The number of methoxy groups -OCH3 is 1. The third-order valence-electron chi connectivity index (χ3n) is 4.31. The number of hydrogen-bond acceptors (Lipinski definition) is 5. The van der Waals surface area contributed by atoms with Gasteiger partial charge < -0.3 is 10.1 Å². The van der Waals surface area contributed by atoms with Gasteiger partial charge in [0.1, 0.15) is 10.8 Å². The molecule has 0 aliphatic heterocycles. The van der Waals surface area contributed by atoms with Gasteiger partial charge in [0.25, 0.3) is 0 Å². The number of rotatable bonds is 8. The first-order chi connectivity index (χ1) is 13.2. The monoisotopic (exact) mass is 381 g/mol. The number of thiazole rings is 1. The average molecular weight is 382 g/mol. The number of pyridine rings is 1. The second kappa shape index (κ2) is 9.28. The quantitative estimate of drug-likeness (QED) is 0.644. The van der Waals surface area contributed by atoms with Crippen LogP contribution in [0.1, 0.15) is 22.6 Å². The molecule has 0 saturated heterocycles. The molecule has 0 radical (unpaired) electrons. The highest BCUT2D eigenvalue weighted by molar-refractivity contribution is 7.15. The molecule has 5 nitrogen and oxygen atoms in total. The third-order valence-corrected chi connectivity index (χ3v) is 5.57. The van der Waals surface area contributed by atoms with Gasteiger partial charge >= 0.3 is 0 Å². The molecule has 1 amide bonds. The predicted octanol–water partition coefficient (Wildman–Crippen LogP) is 3.81. The van der Waals surface area contributed by atoms with Gasteiger partial charge in [-0.1, -0.05) is 18.2 Å². The van der Waals surface area contributed by atoms with E-state index in [-0.39, 0.29) is 5.91 Å². The van der Waals surface area contributed by atoms with Gasteiger partial charge in [0.05, 0.1) is 12.8 Å². The Bertz CT molecular complexity index is 893. The summed E-state index contributed by atoms with van der Waals surface area (Å²) < 4.78 is 5.33. The van der Waals surface area contributed by atoms with Crippen LogP contribution in [0, 0.1) is 6.92 Å². The molecule has 0 atom stereocenters. The van der Waals surface area contributed by atoms with E-state index in [1.54, 1.807) is 30.8 Å². The highest BCUT2D eigenvalue weighted by atomic mass is 32.1. The maximum atomic E-state index is 12.1. The fourth-order valence-electron chi connectivity index (χ4n) is 2.84. The summed E-state index contributed by atoms with van der Waals surface area (Å²) in [5.74, 6) is 0.881. The van der Waals surface area contributed by atoms with Crippen LogP contribution in [-0.4, -0.2) is 29.5 Å². The molecule has 0 spiro atoms. The van der Waals surface area contributed by atoms with Crippen LogP contribution in [0.15, 0.2) is 48.8 Å². The third kappa shape index (κ3) is 5.14.